The molecule has 1 saturated heterocycles. The van der Waals surface area contributed by atoms with Gasteiger partial charge in [0.2, 0.25) is 5.91 Å². The summed E-state index contributed by atoms with van der Waals surface area (Å²) >= 11 is 0. The Morgan fingerprint density at radius 2 is 1.95 bits per heavy atom. The van der Waals surface area contributed by atoms with Crippen LogP contribution in [-0.4, -0.2) is 22.9 Å². The number of benzene rings is 1. The number of aryl methyl sites for hydroxylation is 2. The van der Waals surface area contributed by atoms with Crippen molar-refractivity contribution in [2.45, 2.75) is 59.3 Å². The van der Waals surface area contributed by atoms with E-state index in [0.717, 1.165) is 6.42 Å². The Balaban J connectivity index is 1.98. The lowest BCUT2D eigenvalue weighted by Gasteiger charge is -2.26. The minimum atomic E-state index is -0.0530. The molecule has 4 atom stereocenters. The van der Waals surface area contributed by atoms with Crippen LogP contribution in [0.15, 0.2) is 18.2 Å². The molecule has 0 spiro atoms. The molecule has 4 unspecified atom stereocenters. The lowest BCUT2D eigenvalue weighted by Crippen LogP contribution is -2.35. The fraction of sp³-hybridized carbons (Fsp3) is 0.611. The van der Waals surface area contributed by atoms with E-state index in [9.17, 15) is 4.79 Å². The largest absolute Gasteiger partial charge is 0.318 e. The molecule has 114 valence electrons. The minimum Gasteiger partial charge on any atom is -0.318 e. The van der Waals surface area contributed by atoms with Gasteiger partial charge in [0.15, 0.2) is 0 Å². The van der Waals surface area contributed by atoms with E-state index in [0.29, 0.717) is 17.9 Å². The molecule has 21 heavy (non-hydrogen) atoms. The van der Waals surface area contributed by atoms with Crippen LogP contribution in [0.1, 0.15) is 50.0 Å². The molecule has 1 aromatic rings. The number of carbonyl (C=O) groups excluding carboxylic acids is 1. The van der Waals surface area contributed by atoms with Gasteiger partial charge in [0.25, 0.3) is 0 Å². The second-order valence-corrected chi connectivity index (χ2v) is 7.18. The average molecular weight is 286 g/mol. The van der Waals surface area contributed by atoms with Gasteiger partial charge in [-0.3, -0.25) is 10.1 Å². The van der Waals surface area contributed by atoms with E-state index in [-0.39, 0.29) is 18.1 Å². The number of carbonyl (C=O) groups is 1. The Hall–Kier alpha value is -1.35. The lowest BCUT2D eigenvalue weighted by molar-refractivity contribution is -0.131. The maximum absolute atomic E-state index is 12.8. The van der Waals surface area contributed by atoms with Gasteiger partial charge in [0, 0.05) is 6.04 Å². The van der Waals surface area contributed by atoms with Crippen LogP contribution in [0.5, 0.6) is 0 Å². The van der Waals surface area contributed by atoms with Gasteiger partial charge < -0.3 is 4.90 Å². The summed E-state index contributed by atoms with van der Waals surface area (Å²) in [6.07, 6.45) is 1.18. The highest BCUT2D eigenvalue weighted by Gasteiger charge is 2.51. The van der Waals surface area contributed by atoms with Crippen LogP contribution in [0.3, 0.4) is 0 Å². The summed E-state index contributed by atoms with van der Waals surface area (Å²) in [7, 11) is 0. The first-order chi connectivity index (χ1) is 9.90. The number of amides is 1. The second-order valence-electron chi connectivity index (χ2n) is 7.18. The first-order valence-electron chi connectivity index (χ1n) is 8.05. The number of nitrogens with zero attached hydrogens (tertiary/aromatic N) is 1. The lowest BCUT2D eigenvalue weighted by atomic mass is 10.0. The quantitative estimate of drug-likeness (QED) is 0.925. The third-order valence-electron chi connectivity index (χ3n) is 4.96. The highest BCUT2D eigenvalue weighted by molar-refractivity contribution is 5.85. The molecule has 1 heterocycles. The van der Waals surface area contributed by atoms with Crippen LogP contribution in [0.2, 0.25) is 0 Å². The Morgan fingerprint density at radius 1 is 1.29 bits per heavy atom. The number of nitrogens with one attached hydrogen (secondary N) is 1. The van der Waals surface area contributed by atoms with E-state index < -0.39 is 0 Å². The van der Waals surface area contributed by atoms with Gasteiger partial charge in [-0.1, -0.05) is 44.5 Å². The second kappa shape index (κ2) is 5.13. The van der Waals surface area contributed by atoms with E-state index in [1.54, 1.807) is 0 Å². The molecule has 1 N–H and O–H groups in total. The first-order valence-corrected chi connectivity index (χ1v) is 8.05. The molecule has 3 nitrogen and oxygen atoms in total. The SMILES string of the molecule is Cc1ccc(C)c(C2NC(C(C)C)C(=O)N2C2CC2C)c1. The fourth-order valence-electron chi connectivity index (χ4n) is 3.43. The zero-order chi connectivity index (χ0) is 15.3. The standard InChI is InChI=1S/C18H26N2O/c1-10(2)16-18(21)20(15-9-13(15)5)17(19-16)14-8-11(3)6-7-12(14)4/h6-8,10,13,15-17,19H,9H2,1-5H3. The zero-order valence-electron chi connectivity index (χ0n) is 13.7. The molecular formula is C18H26N2O. The van der Waals surface area contributed by atoms with Crippen molar-refractivity contribution in [3.8, 4) is 0 Å². The van der Waals surface area contributed by atoms with Crippen molar-refractivity contribution in [2.75, 3.05) is 0 Å². The molecule has 1 aliphatic heterocycles. The van der Waals surface area contributed by atoms with Gasteiger partial charge in [-0.25, -0.2) is 0 Å². The van der Waals surface area contributed by atoms with Gasteiger partial charge in [-0.05, 0) is 43.2 Å². The highest BCUT2D eigenvalue weighted by atomic mass is 16.2. The van der Waals surface area contributed by atoms with Crippen molar-refractivity contribution in [3.05, 3.63) is 34.9 Å². The van der Waals surface area contributed by atoms with Gasteiger partial charge in [0.1, 0.15) is 6.17 Å². The van der Waals surface area contributed by atoms with Gasteiger partial charge in [-0.15, -0.1) is 0 Å². The maximum Gasteiger partial charge on any atom is 0.241 e. The van der Waals surface area contributed by atoms with E-state index in [4.69, 9.17) is 0 Å². The van der Waals surface area contributed by atoms with Crippen molar-refractivity contribution >= 4 is 5.91 Å². The summed E-state index contributed by atoms with van der Waals surface area (Å²) in [6, 6.07) is 6.89. The smallest absolute Gasteiger partial charge is 0.241 e. The molecule has 2 fully saturated rings. The van der Waals surface area contributed by atoms with Gasteiger partial charge >= 0.3 is 0 Å². The summed E-state index contributed by atoms with van der Waals surface area (Å²) in [5.41, 5.74) is 3.76. The van der Waals surface area contributed by atoms with Crippen LogP contribution < -0.4 is 5.32 Å². The number of rotatable bonds is 3. The number of hydrogen-bond donors (Lipinski definition) is 1. The van der Waals surface area contributed by atoms with Crippen LogP contribution >= 0.6 is 0 Å². The topological polar surface area (TPSA) is 32.3 Å². The van der Waals surface area contributed by atoms with Crippen LogP contribution in [0, 0.1) is 25.7 Å². The Morgan fingerprint density at radius 3 is 2.52 bits per heavy atom. The molecule has 1 amide bonds. The maximum atomic E-state index is 12.8. The molecule has 0 aromatic heterocycles. The molecule has 0 radical (unpaired) electrons. The summed E-state index contributed by atoms with van der Waals surface area (Å²) in [5.74, 6) is 1.24. The molecule has 1 saturated carbocycles. The first kappa shape index (κ1) is 14.6. The van der Waals surface area contributed by atoms with Crippen molar-refractivity contribution < 1.29 is 4.79 Å². The van der Waals surface area contributed by atoms with Crippen LogP contribution in [0.4, 0.5) is 0 Å². The summed E-state index contributed by atoms with van der Waals surface area (Å²) in [6.45, 7) is 10.7. The van der Waals surface area contributed by atoms with Gasteiger partial charge in [0.05, 0.1) is 6.04 Å². The summed E-state index contributed by atoms with van der Waals surface area (Å²) in [5, 5.41) is 3.59. The third kappa shape index (κ3) is 2.48. The van der Waals surface area contributed by atoms with Crippen molar-refractivity contribution in [1.82, 2.24) is 10.2 Å². The van der Waals surface area contributed by atoms with Crippen molar-refractivity contribution in [1.29, 1.82) is 0 Å². The molecule has 3 rings (SSSR count). The van der Waals surface area contributed by atoms with Crippen molar-refractivity contribution in [2.24, 2.45) is 11.8 Å². The molecule has 3 heteroatoms. The van der Waals surface area contributed by atoms with Crippen LogP contribution in [-0.2, 0) is 4.79 Å². The fourth-order valence-corrected chi connectivity index (χ4v) is 3.43. The Kier molecular flexibility index (Phi) is 3.56. The normalized spacial score (nSPS) is 32.1. The predicted octanol–water partition coefficient (Wildman–Crippen LogP) is 3.17. The van der Waals surface area contributed by atoms with Crippen LogP contribution in [0.25, 0.3) is 0 Å². The predicted molar refractivity (Wildman–Crippen MR) is 84.8 cm³/mol. The molecule has 1 aromatic carbocycles. The number of hydrogen-bond acceptors (Lipinski definition) is 2. The average Bonchev–Trinajstić information content (AvgIpc) is 3.02. The highest BCUT2D eigenvalue weighted by Crippen LogP contribution is 2.43. The molecule has 1 aliphatic carbocycles. The van der Waals surface area contributed by atoms with E-state index in [1.165, 1.54) is 16.7 Å². The van der Waals surface area contributed by atoms with Crippen molar-refractivity contribution in [3.63, 3.8) is 0 Å². The Labute approximate surface area is 127 Å². The Bertz CT molecular complexity index is 566. The summed E-state index contributed by atoms with van der Waals surface area (Å²) in [4.78, 5) is 14.9. The van der Waals surface area contributed by atoms with E-state index in [1.807, 2.05) is 0 Å². The molecular weight excluding hydrogens is 260 g/mol. The molecule has 0 bridgehead atoms. The van der Waals surface area contributed by atoms with Gasteiger partial charge in [-0.2, -0.15) is 0 Å². The molecule has 2 aliphatic rings. The van der Waals surface area contributed by atoms with E-state index >= 15 is 0 Å². The third-order valence-corrected chi connectivity index (χ3v) is 4.96. The minimum absolute atomic E-state index is 0.0414. The summed E-state index contributed by atoms with van der Waals surface area (Å²) < 4.78 is 0. The zero-order valence-corrected chi connectivity index (χ0v) is 13.7. The van der Waals surface area contributed by atoms with E-state index in [2.05, 4.69) is 63.0 Å². The monoisotopic (exact) mass is 286 g/mol.